The van der Waals surface area contributed by atoms with Crippen molar-refractivity contribution >= 4 is 17.5 Å². The van der Waals surface area contributed by atoms with Crippen LogP contribution in [0.5, 0.6) is 0 Å². The van der Waals surface area contributed by atoms with Crippen LogP contribution in [-0.4, -0.2) is 36.0 Å². The molecule has 160 valence electrons. The summed E-state index contributed by atoms with van der Waals surface area (Å²) in [5.74, 6) is 0.487. The lowest BCUT2D eigenvalue weighted by Gasteiger charge is -2.38. The predicted octanol–water partition coefficient (Wildman–Crippen LogP) is 5.01. The van der Waals surface area contributed by atoms with Crippen LogP contribution in [0.3, 0.4) is 0 Å². The van der Waals surface area contributed by atoms with Gasteiger partial charge >= 0.3 is 0 Å². The molecule has 30 heavy (non-hydrogen) atoms. The molecule has 4 rings (SSSR count). The summed E-state index contributed by atoms with van der Waals surface area (Å²) in [5.41, 5.74) is 2.22. The number of likely N-dealkylation sites (tertiary alicyclic amines) is 1. The molecule has 0 radical (unpaired) electrons. The third-order valence-electron chi connectivity index (χ3n) is 6.66. The van der Waals surface area contributed by atoms with E-state index >= 15 is 0 Å². The molecule has 2 atom stereocenters. The summed E-state index contributed by atoms with van der Waals surface area (Å²) in [6, 6.07) is 15.1. The second kappa shape index (κ2) is 9.93. The largest absolute Gasteiger partial charge is 0.352 e. The molecule has 5 heteroatoms. The fourth-order valence-corrected chi connectivity index (χ4v) is 5.16. The highest BCUT2D eigenvalue weighted by Crippen LogP contribution is 2.30. The van der Waals surface area contributed by atoms with E-state index in [0.29, 0.717) is 12.5 Å². The molecule has 1 N–H and O–H groups in total. The lowest BCUT2D eigenvalue weighted by atomic mass is 9.89. The molecule has 1 heterocycles. The Morgan fingerprint density at radius 3 is 2.33 bits per heavy atom. The van der Waals surface area contributed by atoms with E-state index in [2.05, 4.69) is 22.3 Å². The first kappa shape index (κ1) is 21.3. The van der Waals surface area contributed by atoms with Crippen LogP contribution in [0.25, 0.3) is 0 Å². The second-order valence-electron chi connectivity index (χ2n) is 8.79. The molecule has 2 unspecified atom stereocenters. The van der Waals surface area contributed by atoms with E-state index in [0.717, 1.165) is 55.3 Å². The van der Waals surface area contributed by atoms with Gasteiger partial charge in [0.1, 0.15) is 5.82 Å². The van der Waals surface area contributed by atoms with Crippen molar-refractivity contribution in [3.05, 3.63) is 70.5 Å². The fraction of sp³-hybridized carbons (Fsp3) is 0.480. The van der Waals surface area contributed by atoms with Crippen molar-refractivity contribution in [2.24, 2.45) is 5.92 Å². The summed E-state index contributed by atoms with van der Waals surface area (Å²) in [5, 5.41) is 4.05. The zero-order chi connectivity index (χ0) is 20.9. The van der Waals surface area contributed by atoms with E-state index in [1.54, 1.807) is 12.1 Å². The Balaban J connectivity index is 1.26. The molecule has 1 amide bonds. The van der Waals surface area contributed by atoms with Gasteiger partial charge in [0.25, 0.3) is 0 Å². The van der Waals surface area contributed by atoms with Gasteiger partial charge in [-0.15, -0.1) is 0 Å². The normalized spacial score (nSPS) is 22.9. The third kappa shape index (κ3) is 5.61. The maximum atomic E-state index is 13.1. The molecule has 0 bridgehead atoms. The van der Waals surface area contributed by atoms with Gasteiger partial charge in [-0.3, -0.25) is 9.69 Å². The SMILES string of the molecule is O=C(Cc1ccc(F)cc1)NC1CCCC1N1CCC(Cc2ccc(Cl)cc2)CC1. The van der Waals surface area contributed by atoms with E-state index < -0.39 is 0 Å². The molecule has 1 aliphatic carbocycles. The van der Waals surface area contributed by atoms with Crippen molar-refractivity contribution in [1.82, 2.24) is 10.2 Å². The van der Waals surface area contributed by atoms with E-state index in [9.17, 15) is 9.18 Å². The minimum absolute atomic E-state index is 0.0381. The van der Waals surface area contributed by atoms with Gasteiger partial charge < -0.3 is 5.32 Å². The zero-order valence-corrected chi connectivity index (χ0v) is 18.1. The highest BCUT2D eigenvalue weighted by Gasteiger charge is 2.34. The van der Waals surface area contributed by atoms with Crippen LogP contribution in [-0.2, 0) is 17.6 Å². The topological polar surface area (TPSA) is 32.3 Å². The minimum Gasteiger partial charge on any atom is -0.352 e. The number of hydrogen-bond acceptors (Lipinski definition) is 2. The quantitative estimate of drug-likeness (QED) is 0.701. The average Bonchev–Trinajstić information content (AvgIpc) is 3.20. The lowest BCUT2D eigenvalue weighted by Crippen LogP contribution is -2.51. The summed E-state index contributed by atoms with van der Waals surface area (Å²) < 4.78 is 13.1. The first-order chi connectivity index (χ1) is 14.6. The zero-order valence-electron chi connectivity index (χ0n) is 17.3. The number of rotatable bonds is 6. The van der Waals surface area contributed by atoms with Crippen molar-refractivity contribution < 1.29 is 9.18 Å². The number of carbonyl (C=O) groups is 1. The molecule has 0 spiro atoms. The van der Waals surface area contributed by atoms with Gasteiger partial charge in [-0.2, -0.15) is 0 Å². The van der Waals surface area contributed by atoms with Crippen molar-refractivity contribution in [3.8, 4) is 0 Å². The highest BCUT2D eigenvalue weighted by atomic mass is 35.5. The maximum absolute atomic E-state index is 13.1. The molecular weight excluding hydrogens is 399 g/mol. The van der Waals surface area contributed by atoms with Gasteiger partial charge in [-0.05, 0) is 92.9 Å². The highest BCUT2D eigenvalue weighted by molar-refractivity contribution is 6.30. The number of piperidine rings is 1. The Bertz CT molecular complexity index is 831. The Hall–Kier alpha value is -1.91. The van der Waals surface area contributed by atoms with Crippen molar-refractivity contribution in [2.45, 2.75) is 57.0 Å². The molecule has 0 aromatic heterocycles. The number of nitrogens with zero attached hydrogens (tertiary/aromatic N) is 1. The number of carbonyl (C=O) groups excluding carboxylic acids is 1. The Morgan fingerprint density at radius 1 is 0.967 bits per heavy atom. The second-order valence-corrected chi connectivity index (χ2v) is 9.22. The average molecular weight is 429 g/mol. The Kier molecular flexibility index (Phi) is 7.06. The molecule has 2 aromatic carbocycles. The summed E-state index contributed by atoms with van der Waals surface area (Å²) in [6.07, 6.45) is 7.20. The third-order valence-corrected chi connectivity index (χ3v) is 6.91. The van der Waals surface area contributed by atoms with Crippen LogP contribution < -0.4 is 5.32 Å². The monoisotopic (exact) mass is 428 g/mol. The molecule has 1 saturated carbocycles. The molecule has 1 aliphatic heterocycles. The number of amides is 1. The fourth-order valence-electron chi connectivity index (χ4n) is 5.03. The van der Waals surface area contributed by atoms with E-state index in [4.69, 9.17) is 11.6 Å². The van der Waals surface area contributed by atoms with Crippen molar-refractivity contribution in [3.63, 3.8) is 0 Å². The molecular formula is C25H30ClFN2O. The number of nitrogens with one attached hydrogen (secondary N) is 1. The summed E-state index contributed by atoms with van der Waals surface area (Å²) in [6.45, 7) is 2.21. The smallest absolute Gasteiger partial charge is 0.224 e. The van der Waals surface area contributed by atoms with Crippen LogP contribution in [0.4, 0.5) is 4.39 Å². The van der Waals surface area contributed by atoms with E-state index in [1.165, 1.54) is 30.5 Å². The van der Waals surface area contributed by atoms with Crippen LogP contribution in [0.1, 0.15) is 43.2 Å². The summed E-state index contributed by atoms with van der Waals surface area (Å²) in [7, 11) is 0. The van der Waals surface area contributed by atoms with Gasteiger partial charge in [0.05, 0.1) is 6.42 Å². The van der Waals surface area contributed by atoms with Gasteiger partial charge in [0, 0.05) is 17.1 Å². The molecule has 2 aliphatic rings. The lowest BCUT2D eigenvalue weighted by molar-refractivity contribution is -0.121. The number of halogens is 2. The van der Waals surface area contributed by atoms with Crippen molar-refractivity contribution in [2.75, 3.05) is 13.1 Å². The minimum atomic E-state index is -0.269. The Labute approximate surface area is 183 Å². The van der Waals surface area contributed by atoms with Crippen LogP contribution in [0.2, 0.25) is 5.02 Å². The van der Waals surface area contributed by atoms with Gasteiger partial charge in [-0.25, -0.2) is 4.39 Å². The van der Waals surface area contributed by atoms with E-state index in [1.807, 2.05) is 12.1 Å². The first-order valence-corrected chi connectivity index (χ1v) is 11.5. The number of hydrogen-bond donors (Lipinski definition) is 1. The summed E-state index contributed by atoms with van der Waals surface area (Å²) >= 11 is 6.00. The van der Waals surface area contributed by atoms with Crippen LogP contribution in [0.15, 0.2) is 48.5 Å². The molecule has 2 fully saturated rings. The molecule has 1 saturated heterocycles. The van der Waals surface area contributed by atoms with Crippen molar-refractivity contribution in [1.29, 1.82) is 0 Å². The standard InChI is InChI=1S/C25H30ClFN2O/c26-21-8-4-18(5-9-21)16-20-12-14-29(15-13-20)24-3-1-2-23(24)28-25(30)17-19-6-10-22(27)11-7-19/h4-11,20,23-24H,1-3,12-17H2,(H,28,30). The summed E-state index contributed by atoms with van der Waals surface area (Å²) in [4.78, 5) is 15.1. The van der Waals surface area contributed by atoms with Gasteiger partial charge in [0.2, 0.25) is 5.91 Å². The van der Waals surface area contributed by atoms with Crippen LogP contribution in [0, 0.1) is 11.7 Å². The predicted molar refractivity (Wildman–Crippen MR) is 119 cm³/mol. The van der Waals surface area contributed by atoms with E-state index in [-0.39, 0.29) is 17.8 Å². The number of benzene rings is 2. The Morgan fingerprint density at radius 2 is 1.63 bits per heavy atom. The first-order valence-electron chi connectivity index (χ1n) is 11.1. The van der Waals surface area contributed by atoms with Crippen LogP contribution >= 0.6 is 11.6 Å². The molecule has 2 aromatic rings. The van der Waals surface area contributed by atoms with Gasteiger partial charge in [-0.1, -0.05) is 35.9 Å². The van der Waals surface area contributed by atoms with Gasteiger partial charge in [0.15, 0.2) is 0 Å². The maximum Gasteiger partial charge on any atom is 0.224 e. The molecule has 3 nitrogen and oxygen atoms in total.